The smallest absolute Gasteiger partial charge is 0.320 e. The van der Waals surface area contributed by atoms with E-state index in [1.54, 1.807) is 11.3 Å². The number of nitrogens with zero attached hydrogens (tertiary/aromatic N) is 2. The number of nitrogens with two attached hydrogens (primary N) is 1. The number of likely N-dealkylation sites (tertiary alicyclic amines) is 1. The topological polar surface area (TPSA) is 79.5 Å². The summed E-state index contributed by atoms with van der Waals surface area (Å²) in [6, 6.07) is -0.850. The SMILES string of the molecule is CN1CCC(c2nc(CC(N)C(=O)O)cs2)CC1. The summed E-state index contributed by atoms with van der Waals surface area (Å²) in [6.07, 6.45) is 2.58. The number of carboxylic acids is 1. The van der Waals surface area contributed by atoms with Gasteiger partial charge in [0.1, 0.15) is 6.04 Å². The van der Waals surface area contributed by atoms with Crippen molar-refractivity contribution in [3.05, 3.63) is 16.1 Å². The van der Waals surface area contributed by atoms with E-state index >= 15 is 0 Å². The highest BCUT2D eigenvalue weighted by molar-refractivity contribution is 7.09. The molecule has 2 rings (SSSR count). The van der Waals surface area contributed by atoms with Crippen LogP contribution in [-0.4, -0.2) is 47.1 Å². The van der Waals surface area contributed by atoms with Crippen LogP contribution in [0.25, 0.3) is 0 Å². The van der Waals surface area contributed by atoms with Gasteiger partial charge in [0.15, 0.2) is 0 Å². The molecule has 1 aromatic heterocycles. The highest BCUT2D eigenvalue weighted by Crippen LogP contribution is 2.29. The van der Waals surface area contributed by atoms with Gasteiger partial charge in [-0.1, -0.05) is 0 Å². The van der Waals surface area contributed by atoms with E-state index in [4.69, 9.17) is 10.8 Å². The van der Waals surface area contributed by atoms with Crippen LogP contribution < -0.4 is 5.73 Å². The zero-order valence-electron chi connectivity index (χ0n) is 10.5. The fraction of sp³-hybridized carbons (Fsp3) is 0.667. The van der Waals surface area contributed by atoms with Crippen LogP contribution in [0.5, 0.6) is 0 Å². The van der Waals surface area contributed by atoms with Crippen molar-refractivity contribution in [1.29, 1.82) is 0 Å². The summed E-state index contributed by atoms with van der Waals surface area (Å²) in [5.74, 6) is -0.440. The number of hydrogen-bond donors (Lipinski definition) is 2. The molecular formula is C12H19N3O2S. The van der Waals surface area contributed by atoms with Crippen molar-refractivity contribution in [2.24, 2.45) is 5.73 Å². The average Bonchev–Trinajstić information content (AvgIpc) is 2.78. The van der Waals surface area contributed by atoms with E-state index < -0.39 is 12.0 Å². The summed E-state index contributed by atoms with van der Waals surface area (Å²) in [4.78, 5) is 17.6. The number of aliphatic carboxylic acids is 1. The summed E-state index contributed by atoms with van der Waals surface area (Å²) in [5, 5.41) is 11.8. The van der Waals surface area contributed by atoms with Gasteiger partial charge in [-0.25, -0.2) is 4.98 Å². The van der Waals surface area contributed by atoms with E-state index in [9.17, 15) is 4.79 Å². The number of piperidine rings is 1. The van der Waals surface area contributed by atoms with Gasteiger partial charge >= 0.3 is 5.97 Å². The summed E-state index contributed by atoms with van der Waals surface area (Å²) in [7, 11) is 2.13. The van der Waals surface area contributed by atoms with E-state index in [0.717, 1.165) is 36.6 Å². The lowest BCUT2D eigenvalue weighted by Crippen LogP contribution is -2.32. The number of aromatic nitrogens is 1. The van der Waals surface area contributed by atoms with Gasteiger partial charge in [-0.05, 0) is 33.0 Å². The van der Waals surface area contributed by atoms with Crippen molar-refractivity contribution in [2.45, 2.75) is 31.2 Å². The molecule has 100 valence electrons. The van der Waals surface area contributed by atoms with Crippen molar-refractivity contribution < 1.29 is 9.90 Å². The number of thiazole rings is 1. The Balaban J connectivity index is 1.95. The van der Waals surface area contributed by atoms with E-state index in [-0.39, 0.29) is 0 Å². The summed E-state index contributed by atoms with van der Waals surface area (Å²) in [6.45, 7) is 2.21. The van der Waals surface area contributed by atoms with Crippen LogP contribution in [0.1, 0.15) is 29.5 Å². The molecule has 0 bridgehead atoms. The maximum atomic E-state index is 10.7. The molecule has 1 fully saturated rings. The summed E-state index contributed by atoms with van der Waals surface area (Å²) in [5.41, 5.74) is 6.32. The predicted molar refractivity (Wildman–Crippen MR) is 70.9 cm³/mol. The Kier molecular flexibility index (Phi) is 4.31. The molecule has 0 saturated carbocycles. The third kappa shape index (κ3) is 3.28. The van der Waals surface area contributed by atoms with Crippen LogP contribution in [-0.2, 0) is 11.2 Å². The molecule has 0 radical (unpaired) electrons. The first-order chi connectivity index (χ1) is 8.56. The number of hydrogen-bond acceptors (Lipinski definition) is 5. The molecule has 2 heterocycles. The van der Waals surface area contributed by atoms with E-state index in [2.05, 4.69) is 16.9 Å². The molecule has 0 aromatic carbocycles. The number of carbonyl (C=O) groups is 1. The van der Waals surface area contributed by atoms with Crippen LogP contribution in [0.15, 0.2) is 5.38 Å². The molecule has 1 aromatic rings. The fourth-order valence-electron chi connectivity index (χ4n) is 2.17. The first kappa shape index (κ1) is 13.5. The van der Waals surface area contributed by atoms with Crippen molar-refractivity contribution in [3.8, 4) is 0 Å². The zero-order chi connectivity index (χ0) is 13.1. The second-order valence-corrected chi connectivity index (χ2v) is 5.79. The predicted octanol–water partition coefficient (Wildman–Crippen LogP) is 0.907. The molecule has 3 N–H and O–H groups in total. The minimum absolute atomic E-state index is 0.318. The first-order valence-corrected chi connectivity index (χ1v) is 7.05. The number of rotatable bonds is 4. The Morgan fingerprint density at radius 3 is 2.94 bits per heavy atom. The molecule has 6 heteroatoms. The molecule has 18 heavy (non-hydrogen) atoms. The monoisotopic (exact) mass is 269 g/mol. The molecule has 0 spiro atoms. The van der Waals surface area contributed by atoms with Crippen molar-refractivity contribution in [2.75, 3.05) is 20.1 Å². The highest BCUT2D eigenvalue weighted by Gasteiger charge is 2.22. The van der Waals surface area contributed by atoms with Gasteiger partial charge in [0.05, 0.1) is 10.7 Å². The Hall–Kier alpha value is -0.980. The molecule has 1 aliphatic heterocycles. The van der Waals surface area contributed by atoms with Gasteiger partial charge in [0, 0.05) is 17.7 Å². The molecule has 5 nitrogen and oxygen atoms in total. The van der Waals surface area contributed by atoms with Crippen molar-refractivity contribution in [1.82, 2.24) is 9.88 Å². The van der Waals surface area contributed by atoms with E-state index in [1.165, 1.54) is 0 Å². The molecule has 0 amide bonds. The average molecular weight is 269 g/mol. The van der Waals surface area contributed by atoms with E-state index in [1.807, 2.05) is 5.38 Å². The van der Waals surface area contributed by atoms with Crippen LogP contribution in [0.2, 0.25) is 0 Å². The third-order valence-electron chi connectivity index (χ3n) is 3.38. The third-order valence-corrected chi connectivity index (χ3v) is 4.44. The van der Waals surface area contributed by atoms with Crippen LogP contribution >= 0.6 is 11.3 Å². The van der Waals surface area contributed by atoms with Crippen LogP contribution in [0.4, 0.5) is 0 Å². The van der Waals surface area contributed by atoms with Gasteiger partial charge < -0.3 is 15.7 Å². The second kappa shape index (κ2) is 5.77. The minimum atomic E-state index is -0.969. The molecule has 1 aliphatic rings. The molecule has 0 aliphatic carbocycles. The Labute approximate surface area is 111 Å². The summed E-state index contributed by atoms with van der Waals surface area (Å²) >= 11 is 1.63. The number of carboxylic acid groups (broad SMARTS) is 1. The Morgan fingerprint density at radius 2 is 2.33 bits per heavy atom. The standard InChI is InChI=1S/C12H19N3O2S/c1-15-4-2-8(3-5-15)11-14-9(7-18-11)6-10(13)12(16)17/h7-8,10H,2-6,13H2,1H3,(H,16,17). The highest BCUT2D eigenvalue weighted by atomic mass is 32.1. The fourth-order valence-corrected chi connectivity index (χ4v) is 3.18. The molecular weight excluding hydrogens is 250 g/mol. The van der Waals surface area contributed by atoms with Gasteiger partial charge in [-0.3, -0.25) is 4.79 Å². The Morgan fingerprint density at radius 1 is 1.67 bits per heavy atom. The normalized spacial score (nSPS) is 19.9. The zero-order valence-corrected chi connectivity index (χ0v) is 11.3. The molecule has 1 unspecified atom stereocenters. The van der Waals surface area contributed by atoms with E-state index in [0.29, 0.717) is 12.3 Å². The summed E-state index contributed by atoms with van der Waals surface area (Å²) < 4.78 is 0. The van der Waals surface area contributed by atoms with Gasteiger partial charge in [0.25, 0.3) is 0 Å². The maximum Gasteiger partial charge on any atom is 0.320 e. The lowest BCUT2D eigenvalue weighted by atomic mass is 9.98. The van der Waals surface area contributed by atoms with Gasteiger partial charge in [-0.15, -0.1) is 11.3 Å². The minimum Gasteiger partial charge on any atom is -0.480 e. The quantitative estimate of drug-likeness (QED) is 0.849. The van der Waals surface area contributed by atoms with Gasteiger partial charge in [-0.2, -0.15) is 0 Å². The molecule has 1 saturated heterocycles. The Bertz CT molecular complexity index is 413. The molecule has 1 atom stereocenters. The first-order valence-electron chi connectivity index (χ1n) is 6.17. The second-order valence-electron chi connectivity index (χ2n) is 4.90. The van der Waals surface area contributed by atoms with Crippen LogP contribution in [0, 0.1) is 0 Å². The lowest BCUT2D eigenvalue weighted by molar-refractivity contribution is -0.138. The largest absolute Gasteiger partial charge is 0.480 e. The van der Waals surface area contributed by atoms with Crippen LogP contribution in [0.3, 0.4) is 0 Å². The van der Waals surface area contributed by atoms with Crippen molar-refractivity contribution >= 4 is 17.3 Å². The maximum absolute atomic E-state index is 10.7. The van der Waals surface area contributed by atoms with Crippen molar-refractivity contribution in [3.63, 3.8) is 0 Å². The lowest BCUT2D eigenvalue weighted by Gasteiger charge is -2.27. The van der Waals surface area contributed by atoms with Gasteiger partial charge in [0.2, 0.25) is 0 Å².